The normalized spacial score (nSPS) is 10.6. The first-order valence-electron chi connectivity index (χ1n) is 7.11. The molecule has 0 aliphatic heterocycles. The molecule has 0 bridgehead atoms. The monoisotopic (exact) mass is 287 g/mol. The van der Waals surface area contributed by atoms with Crippen LogP contribution in [0.5, 0.6) is 0 Å². The van der Waals surface area contributed by atoms with E-state index >= 15 is 0 Å². The smallest absolute Gasteiger partial charge is 0.276 e. The first-order valence-corrected chi connectivity index (χ1v) is 7.11. The highest BCUT2D eigenvalue weighted by atomic mass is 16.2. The minimum Gasteiger partial charge on any atom is -0.395 e. The molecule has 0 saturated carbocycles. The lowest BCUT2D eigenvalue weighted by Gasteiger charge is -2.19. The van der Waals surface area contributed by atoms with Crippen LogP contribution in [0.3, 0.4) is 0 Å². The van der Waals surface area contributed by atoms with Gasteiger partial charge >= 0.3 is 0 Å². The van der Waals surface area contributed by atoms with E-state index in [1.165, 1.54) is 0 Å². The summed E-state index contributed by atoms with van der Waals surface area (Å²) in [6.07, 6.45) is 0.720. The number of carbonyl (C=O) groups is 1. The largest absolute Gasteiger partial charge is 0.395 e. The van der Waals surface area contributed by atoms with Gasteiger partial charge in [0.05, 0.1) is 23.6 Å². The Morgan fingerprint density at radius 3 is 2.71 bits per heavy atom. The van der Waals surface area contributed by atoms with Crippen LogP contribution in [0.15, 0.2) is 18.2 Å². The Balaban J connectivity index is 2.20. The zero-order valence-electron chi connectivity index (χ0n) is 12.7. The highest BCUT2D eigenvalue weighted by molar-refractivity contribution is 5.97. The molecule has 0 aliphatic rings. The predicted molar refractivity (Wildman–Crippen MR) is 81.8 cm³/mol. The van der Waals surface area contributed by atoms with Crippen LogP contribution >= 0.6 is 0 Å². The molecule has 21 heavy (non-hydrogen) atoms. The van der Waals surface area contributed by atoms with Crippen molar-refractivity contribution in [3.05, 3.63) is 41.0 Å². The van der Waals surface area contributed by atoms with Gasteiger partial charge in [0.1, 0.15) is 0 Å². The van der Waals surface area contributed by atoms with Crippen molar-refractivity contribution in [3.8, 4) is 0 Å². The molecule has 0 spiro atoms. The molecule has 0 radical (unpaired) electrons. The molecule has 2 aromatic heterocycles. The number of rotatable bonds is 5. The number of hydrogen-bond donors (Lipinski definition) is 2. The third-order valence-electron chi connectivity index (χ3n) is 3.41. The van der Waals surface area contributed by atoms with Crippen LogP contribution in [0.4, 0.5) is 5.69 Å². The number of pyridine rings is 1. The summed E-state index contributed by atoms with van der Waals surface area (Å²) in [5, 5.41) is 6.87. The minimum atomic E-state index is -0.172. The van der Waals surface area contributed by atoms with Crippen LogP contribution < -0.4 is 5.73 Å². The summed E-state index contributed by atoms with van der Waals surface area (Å²) < 4.78 is 0. The van der Waals surface area contributed by atoms with Gasteiger partial charge in [0.2, 0.25) is 0 Å². The lowest BCUT2D eigenvalue weighted by molar-refractivity contribution is 0.0745. The third-order valence-corrected chi connectivity index (χ3v) is 3.41. The number of aromatic nitrogens is 3. The number of hydrogen-bond acceptors (Lipinski definition) is 4. The van der Waals surface area contributed by atoms with E-state index in [4.69, 9.17) is 5.73 Å². The number of aromatic amines is 1. The van der Waals surface area contributed by atoms with Crippen molar-refractivity contribution in [3.63, 3.8) is 0 Å². The molecule has 0 saturated heterocycles. The highest BCUT2D eigenvalue weighted by Crippen LogP contribution is 2.17. The molecule has 6 heteroatoms. The van der Waals surface area contributed by atoms with Crippen molar-refractivity contribution in [2.45, 2.75) is 33.7 Å². The standard InChI is InChI=1S/C15H21N5O/c1-4-12-13(16)14(19-18-12)15(21)20(5-2)9-11-8-6-7-10(3)17-11/h6-8H,4-5,9,16H2,1-3H3,(H,18,19). The lowest BCUT2D eigenvalue weighted by atomic mass is 10.2. The van der Waals surface area contributed by atoms with E-state index < -0.39 is 0 Å². The summed E-state index contributed by atoms with van der Waals surface area (Å²) in [5.41, 5.74) is 9.29. The van der Waals surface area contributed by atoms with Gasteiger partial charge in [-0.2, -0.15) is 5.10 Å². The van der Waals surface area contributed by atoms with Gasteiger partial charge in [-0.15, -0.1) is 0 Å². The summed E-state index contributed by atoms with van der Waals surface area (Å²) in [6.45, 7) is 6.84. The minimum absolute atomic E-state index is 0.172. The van der Waals surface area contributed by atoms with Crippen molar-refractivity contribution in [2.75, 3.05) is 12.3 Å². The van der Waals surface area contributed by atoms with Gasteiger partial charge in [0, 0.05) is 12.2 Å². The SMILES string of the molecule is CCc1[nH]nc(C(=O)N(CC)Cc2cccc(C)n2)c1N. The van der Waals surface area contributed by atoms with E-state index in [9.17, 15) is 4.79 Å². The summed E-state index contributed by atoms with van der Waals surface area (Å²) in [4.78, 5) is 18.7. The average molecular weight is 287 g/mol. The zero-order chi connectivity index (χ0) is 15.4. The van der Waals surface area contributed by atoms with Gasteiger partial charge in [0.25, 0.3) is 5.91 Å². The number of nitrogens with two attached hydrogens (primary N) is 1. The van der Waals surface area contributed by atoms with E-state index in [-0.39, 0.29) is 5.91 Å². The van der Waals surface area contributed by atoms with E-state index in [2.05, 4.69) is 15.2 Å². The maximum atomic E-state index is 12.6. The van der Waals surface area contributed by atoms with Crippen LogP contribution in [0.2, 0.25) is 0 Å². The van der Waals surface area contributed by atoms with Crippen molar-refractivity contribution in [2.24, 2.45) is 0 Å². The zero-order valence-corrected chi connectivity index (χ0v) is 12.7. The Morgan fingerprint density at radius 1 is 1.38 bits per heavy atom. The van der Waals surface area contributed by atoms with Crippen LogP contribution in [0.25, 0.3) is 0 Å². The van der Waals surface area contributed by atoms with Gasteiger partial charge in [0.15, 0.2) is 5.69 Å². The second-order valence-electron chi connectivity index (χ2n) is 4.91. The number of aryl methyl sites for hydroxylation is 2. The molecular formula is C15H21N5O. The third kappa shape index (κ3) is 3.21. The Kier molecular flexibility index (Phi) is 4.57. The number of nitrogens with one attached hydrogen (secondary N) is 1. The Labute approximate surface area is 124 Å². The topological polar surface area (TPSA) is 87.9 Å². The van der Waals surface area contributed by atoms with Crippen molar-refractivity contribution in [1.82, 2.24) is 20.1 Å². The van der Waals surface area contributed by atoms with Crippen LogP contribution in [-0.2, 0) is 13.0 Å². The second-order valence-corrected chi connectivity index (χ2v) is 4.91. The number of H-pyrrole nitrogens is 1. The van der Waals surface area contributed by atoms with Crippen molar-refractivity contribution in [1.29, 1.82) is 0 Å². The Morgan fingerprint density at radius 2 is 2.14 bits per heavy atom. The maximum Gasteiger partial charge on any atom is 0.276 e. The molecule has 2 heterocycles. The summed E-state index contributed by atoms with van der Waals surface area (Å²) in [7, 11) is 0. The molecule has 6 nitrogen and oxygen atoms in total. The fourth-order valence-corrected chi connectivity index (χ4v) is 2.18. The lowest BCUT2D eigenvalue weighted by Crippen LogP contribution is -2.31. The van der Waals surface area contributed by atoms with Gasteiger partial charge in [-0.3, -0.25) is 14.9 Å². The molecule has 2 aromatic rings. The van der Waals surface area contributed by atoms with Crippen molar-refractivity contribution < 1.29 is 4.79 Å². The average Bonchev–Trinajstić information content (AvgIpc) is 2.85. The molecule has 0 aromatic carbocycles. The molecule has 0 atom stereocenters. The van der Waals surface area contributed by atoms with E-state index in [0.717, 1.165) is 23.5 Å². The first kappa shape index (κ1) is 15.0. The number of nitrogens with zero attached hydrogens (tertiary/aromatic N) is 3. The molecule has 0 aliphatic carbocycles. The van der Waals surface area contributed by atoms with Crippen LogP contribution in [0.1, 0.15) is 41.4 Å². The van der Waals surface area contributed by atoms with Gasteiger partial charge in [-0.1, -0.05) is 13.0 Å². The van der Waals surface area contributed by atoms with E-state index in [1.54, 1.807) is 4.90 Å². The fourth-order valence-electron chi connectivity index (χ4n) is 2.18. The molecule has 0 unspecified atom stereocenters. The van der Waals surface area contributed by atoms with E-state index in [1.807, 2.05) is 39.0 Å². The molecule has 112 valence electrons. The number of anilines is 1. The van der Waals surface area contributed by atoms with Gasteiger partial charge in [-0.25, -0.2) is 0 Å². The van der Waals surface area contributed by atoms with Crippen molar-refractivity contribution >= 4 is 11.6 Å². The van der Waals surface area contributed by atoms with Crippen LogP contribution in [-0.4, -0.2) is 32.5 Å². The van der Waals surface area contributed by atoms with Gasteiger partial charge < -0.3 is 10.6 Å². The number of amides is 1. The Bertz CT molecular complexity index is 635. The summed E-state index contributed by atoms with van der Waals surface area (Å²) >= 11 is 0. The van der Waals surface area contributed by atoms with Gasteiger partial charge in [-0.05, 0) is 32.4 Å². The van der Waals surface area contributed by atoms with Crippen LogP contribution in [0, 0.1) is 6.92 Å². The molecule has 3 N–H and O–H groups in total. The second kappa shape index (κ2) is 6.39. The summed E-state index contributed by atoms with van der Waals surface area (Å²) in [5.74, 6) is -0.172. The highest BCUT2D eigenvalue weighted by Gasteiger charge is 2.22. The maximum absolute atomic E-state index is 12.6. The number of nitrogen functional groups attached to an aromatic ring is 1. The molecule has 2 rings (SSSR count). The molecule has 1 amide bonds. The van der Waals surface area contributed by atoms with E-state index in [0.29, 0.717) is 24.5 Å². The molecular weight excluding hydrogens is 266 g/mol. The molecule has 0 fully saturated rings. The quantitative estimate of drug-likeness (QED) is 0.879. The first-order chi connectivity index (χ1) is 10.1. The fraction of sp³-hybridized carbons (Fsp3) is 0.400. The summed E-state index contributed by atoms with van der Waals surface area (Å²) in [6, 6.07) is 5.78. The predicted octanol–water partition coefficient (Wildman–Crippen LogP) is 1.92. The Hall–Kier alpha value is -2.37. The number of carbonyl (C=O) groups excluding carboxylic acids is 1.